The largest absolute Gasteiger partial charge is 0.316 e. The van der Waals surface area contributed by atoms with Crippen LogP contribution in [0.5, 0.6) is 0 Å². The first-order valence-corrected chi connectivity index (χ1v) is 3.89. The highest BCUT2D eigenvalue weighted by atomic mass is 15.3. The normalized spacial score (nSPS) is 26.1. The monoisotopic (exact) mass is 152 g/mol. The van der Waals surface area contributed by atoms with Gasteiger partial charge in [-0.3, -0.25) is 0 Å². The molecule has 0 N–H and O–H groups in total. The van der Waals surface area contributed by atoms with Crippen molar-refractivity contribution in [2.45, 2.75) is 12.5 Å². The summed E-state index contributed by atoms with van der Waals surface area (Å²) in [6, 6.07) is 0.593. The van der Waals surface area contributed by atoms with Crippen LogP contribution < -0.4 is 0 Å². The molecule has 1 fully saturated rings. The molecule has 0 saturated carbocycles. The van der Waals surface area contributed by atoms with Crippen molar-refractivity contribution < 1.29 is 0 Å². The van der Waals surface area contributed by atoms with Gasteiger partial charge in [-0.25, -0.2) is 0 Å². The summed E-state index contributed by atoms with van der Waals surface area (Å²) >= 11 is 0. The Morgan fingerprint density at radius 1 is 1.36 bits per heavy atom. The van der Waals surface area contributed by atoms with E-state index in [9.17, 15) is 0 Å². The molecule has 1 saturated heterocycles. The van der Waals surface area contributed by atoms with Gasteiger partial charge in [-0.2, -0.15) is 0 Å². The van der Waals surface area contributed by atoms with Crippen molar-refractivity contribution in [3.63, 3.8) is 0 Å². The molecule has 2 rings (SSSR count). The molecule has 0 aliphatic carbocycles. The van der Waals surface area contributed by atoms with E-state index in [-0.39, 0.29) is 0 Å². The van der Waals surface area contributed by atoms with Crippen molar-refractivity contribution in [3.05, 3.63) is 12.7 Å². The number of aromatic nitrogens is 3. The smallest absolute Gasteiger partial charge is 0.119 e. The average molecular weight is 152 g/mol. The van der Waals surface area contributed by atoms with Gasteiger partial charge in [0.25, 0.3) is 0 Å². The molecular formula is C7H12N4. The van der Waals surface area contributed by atoms with Gasteiger partial charge in [-0.15, -0.1) is 10.2 Å². The molecule has 1 atom stereocenters. The topological polar surface area (TPSA) is 34.0 Å². The Kier molecular flexibility index (Phi) is 1.62. The van der Waals surface area contributed by atoms with Gasteiger partial charge in [0.2, 0.25) is 0 Å². The Morgan fingerprint density at radius 2 is 2.09 bits per heavy atom. The molecule has 0 aromatic carbocycles. The van der Waals surface area contributed by atoms with E-state index in [0.717, 1.165) is 6.54 Å². The summed E-state index contributed by atoms with van der Waals surface area (Å²) in [5, 5.41) is 7.57. The van der Waals surface area contributed by atoms with Crippen molar-refractivity contribution in [3.8, 4) is 0 Å². The average Bonchev–Trinajstić information content (AvgIpc) is 2.55. The van der Waals surface area contributed by atoms with Gasteiger partial charge in [0, 0.05) is 12.6 Å². The summed E-state index contributed by atoms with van der Waals surface area (Å²) < 4.78 is 2.09. The molecule has 0 radical (unpaired) electrons. The van der Waals surface area contributed by atoms with Crippen LogP contribution in [0.4, 0.5) is 0 Å². The maximum Gasteiger partial charge on any atom is 0.119 e. The van der Waals surface area contributed by atoms with E-state index in [1.54, 1.807) is 12.7 Å². The minimum Gasteiger partial charge on any atom is -0.316 e. The van der Waals surface area contributed by atoms with Crippen LogP contribution in [-0.4, -0.2) is 39.8 Å². The Morgan fingerprint density at radius 3 is 2.64 bits per heavy atom. The van der Waals surface area contributed by atoms with Crippen molar-refractivity contribution in [1.29, 1.82) is 0 Å². The van der Waals surface area contributed by atoms with Crippen LogP contribution in [0.3, 0.4) is 0 Å². The van der Waals surface area contributed by atoms with Crippen LogP contribution in [0.25, 0.3) is 0 Å². The molecule has 1 unspecified atom stereocenters. The lowest BCUT2D eigenvalue weighted by atomic mass is 10.3. The minimum absolute atomic E-state index is 0.593. The fourth-order valence-electron chi connectivity index (χ4n) is 1.55. The molecule has 11 heavy (non-hydrogen) atoms. The molecule has 4 heteroatoms. The van der Waals surface area contributed by atoms with Gasteiger partial charge < -0.3 is 9.47 Å². The SMILES string of the molecule is CN1CCC(n2cnnc2)C1. The van der Waals surface area contributed by atoms with E-state index in [4.69, 9.17) is 0 Å². The first-order valence-electron chi connectivity index (χ1n) is 3.89. The number of likely N-dealkylation sites (N-methyl/N-ethyl adjacent to an activating group) is 1. The van der Waals surface area contributed by atoms with Gasteiger partial charge in [0.05, 0.1) is 0 Å². The van der Waals surface area contributed by atoms with E-state index in [1.807, 2.05) is 0 Å². The highest BCUT2D eigenvalue weighted by Gasteiger charge is 2.20. The zero-order valence-electron chi connectivity index (χ0n) is 6.64. The molecule has 0 amide bonds. The zero-order chi connectivity index (χ0) is 7.68. The second-order valence-electron chi connectivity index (χ2n) is 3.11. The first kappa shape index (κ1) is 6.79. The fraction of sp³-hybridized carbons (Fsp3) is 0.714. The van der Waals surface area contributed by atoms with Gasteiger partial charge in [-0.1, -0.05) is 0 Å². The maximum atomic E-state index is 3.79. The Balaban J connectivity index is 2.08. The predicted molar refractivity (Wildman–Crippen MR) is 41.2 cm³/mol. The molecule has 1 aliphatic rings. The van der Waals surface area contributed by atoms with Crippen molar-refractivity contribution in [1.82, 2.24) is 19.7 Å². The Labute approximate surface area is 65.8 Å². The van der Waals surface area contributed by atoms with Crippen molar-refractivity contribution >= 4 is 0 Å². The third-order valence-corrected chi connectivity index (χ3v) is 2.22. The lowest BCUT2D eigenvalue weighted by molar-refractivity contribution is 0.392. The van der Waals surface area contributed by atoms with Gasteiger partial charge in [0.15, 0.2) is 0 Å². The third kappa shape index (κ3) is 1.26. The van der Waals surface area contributed by atoms with Crippen LogP contribution in [-0.2, 0) is 0 Å². The summed E-state index contributed by atoms with van der Waals surface area (Å²) in [6.45, 7) is 2.31. The van der Waals surface area contributed by atoms with E-state index >= 15 is 0 Å². The van der Waals surface area contributed by atoms with E-state index in [1.165, 1.54) is 13.0 Å². The standard InChI is InChI=1S/C7H12N4/c1-10-3-2-7(4-10)11-5-8-9-6-11/h5-7H,2-4H2,1H3. The summed E-state index contributed by atoms with van der Waals surface area (Å²) in [7, 11) is 2.14. The summed E-state index contributed by atoms with van der Waals surface area (Å²) in [4.78, 5) is 2.32. The zero-order valence-corrected chi connectivity index (χ0v) is 6.64. The van der Waals surface area contributed by atoms with E-state index in [2.05, 4.69) is 26.7 Å². The highest BCUT2D eigenvalue weighted by Crippen LogP contribution is 2.18. The number of nitrogens with zero attached hydrogens (tertiary/aromatic N) is 4. The molecule has 4 nitrogen and oxygen atoms in total. The van der Waals surface area contributed by atoms with Gasteiger partial charge >= 0.3 is 0 Å². The third-order valence-electron chi connectivity index (χ3n) is 2.22. The van der Waals surface area contributed by atoms with E-state index < -0.39 is 0 Å². The molecular weight excluding hydrogens is 140 g/mol. The van der Waals surface area contributed by atoms with Crippen LogP contribution in [0.1, 0.15) is 12.5 Å². The summed E-state index contributed by atoms with van der Waals surface area (Å²) in [6.07, 6.45) is 4.81. The maximum absolute atomic E-state index is 3.79. The highest BCUT2D eigenvalue weighted by molar-refractivity contribution is 4.80. The second kappa shape index (κ2) is 2.62. The Bertz CT molecular complexity index is 218. The molecule has 60 valence electrons. The summed E-state index contributed by atoms with van der Waals surface area (Å²) in [5.74, 6) is 0. The van der Waals surface area contributed by atoms with Gasteiger partial charge in [0.1, 0.15) is 12.7 Å². The first-order chi connectivity index (χ1) is 5.36. The number of likely N-dealkylation sites (tertiary alicyclic amines) is 1. The second-order valence-corrected chi connectivity index (χ2v) is 3.11. The van der Waals surface area contributed by atoms with E-state index in [0.29, 0.717) is 6.04 Å². The van der Waals surface area contributed by atoms with Crippen LogP contribution in [0.2, 0.25) is 0 Å². The van der Waals surface area contributed by atoms with Crippen LogP contribution in [0.15, 0.2) is 12.7 Å². The lowest BCUT2D eigenvalue weighted by Gasteiger charge is -2.09. The van der Waals surface area contributed by atoms with Crippen molar-refractivity contribution in [2.75, 3.05) is 20.1 Å². The quantitative estimate of drug-likeness (QED) is 0.574. The molecule has 1 aromatic rings. The van der Waals surface area contributed by atoms with Crippen LogP contribution in [0, 0.1) is 0 Å². The number of hydrogen-bond acceptors (Lipinski definition) is 3. The number of rotatable bonds is 1. The number of hydrogen-bond donors (Lipinski definition) is 0. The molecule has 0 bridgehead atoms. The molecule has 1 aliphatic heterocycles. The summed E-state index contributed by atoms with van der Waals surface area (Å²) in [5.41, 5.74) is 0. The van der Waals surface area contributed by atoms with Gasteiger partial charge in [-0.05, 0) is 20.0 Å². The molecule has 1 aromatic heterocycles. The molecule has 0 spiro atoms. The van der Waals surface area contributed by atoms with Crippen LogP contribution >= 0.6 is 0 Å². The fourth-order valence-corrected chi connectivity index (χ4v) is 1.55. The van der Waals surface area contributed by atoms with Crippen molar-refractivity contribution in [2.24, 2.45) is 0 Å². The molecule has 2 heterocycles. The minimum atomic E-state index is 0.593. The Hall–Kier alpha value is -0.900. The predicted octanol–water partition coefficient (Wildman–Crippen LogP) is 0.155. The lowest BCUT2D eigenvalue weighted by Crippen LogP contribution is -2.15.